The van der Waals surface area contributed by atoms with Crippen LogP contribution < -0.4 is 157 Å². The molecule has 1 heterocycles. The van der Waals surface area contributed by atoms with Crippen LogP contribution in [0.25, 0.3) is 0 Å². The fraction of sp³-hybridized carbons (Fsp3) is 0.310. The third-order valence-electron chi connectivity index (χ3n) is 5.62. The van der Waals surface area contributed by atoms with Crippen LogP contribution in [-0.4, -0.2) is 40.7 Å². The number of hydrogen-bond donors (Lipinski definition) is 1. The number of nitrogens with zero attached hydrogens (tertiary/aromatic N) is 1. The molecule has 2 aromatic carbocycles. The molecule has 3 aromatic rings. The topological polar surface area (TPSA) is 149 Å². The number of aliphatic carboxylic acids is 1. The predicted molar refractivity (Wildman–Crippen MR) is 136 cm³/mol. The van der Waals surface area contributed by atoms with Crippen molar-refractivity contribution in [2.75, 3.05) is 6.61 Å². The van der Waals surface area contributed by atoms with Crippen LogP contribution in [0.5, 0.6) is 11.6 Å². The van der Waals surface area contributed by atoms with Crippen molar-refractivity contribution in [1.29, 1.82) is 0 Å². The summed E-state index contributed by atoms with van der Waals surface area (Å²) in [4.78, 5) is 36.6. The van der Waals surface area contributed by atoms with Gasteiger partial charge in [-0.2, -0.15) is 0 Å². The van der Waals surface area contributed by atoms with E-state index < -0.39 is 12.1 Å². The summed E-state index contributed by atoms with van der Waals surface area (Å²) < 4.78 is 11.9. The summed E-state index contributed by atoms with van der Waals surface area (Å²) in [6.45, 7) is 6.33. The quantitative estimate of drug-likeness (QED) is 0.190. The van der Waals surface area contributed by atoms with Gasteiger partial charge >= 0.3 is 144 Å². The number of carboxylic acid groups (broad SMARTS) is 3. The molecule has 1 N–H and O–H groups in total. The van der Waals surface area contributed by atoms with Crippen molar-refractivity contribution >= 4 is 17.9 Å². The monoisotopic (exact) mass is 787 g/mol. The van der Waals surface area contributed by atoms with Gasteiger partial charge in [-0.3, -0.25) is 9.59 Å². The maximum atomic E-state index is 13.1. The molecule has 202 valence electrons. The number of benzene rings is 2. The summed E-state index contributed by atoms with van der Waals surface area (Å²) >= 11 is 0. The molecule has 0 aliphatic rings. The van der Waals surface area contributed by atoms with Crippen LogP contribution >= 0.6 is 0 Å². The normalized spacial score (nSPS) is 10.5. The van der Waals surface area contributed by atoms with Crippen LogP contribution in [0.4, 0.5) is 4.79 Å². The zero-order valence-electron chi connectivity index (χ0n) is 23.6. The molecule has 0 spiro atoms. The predicted octanol–water partition coefficient (Wildman–Crippen LogP) is -3.00. The molecule has 0 bridgehead atoms. The van der Waals surface area contributed by atoms with E-state index in [9.17, 15) is 9.59 Å². The number of aromatic nitrogens is 1. The third-order valence-corrected chi connectivity index (χ3v) is 5.62. The zero-order valence-corrected chi connectivity index (χ0v) is 36.2. The Kier molecular flexibility index (Phi) is 21.2. The first-order chi connectivity index (χ1) is 18.1. The average Bonchev–Trinajstić information content (AvgIpc) is 2.88. The summed E-state index contributed by atoms with van der Waals surface area (Å²) in [5.41, 5.74) is 4.05. The second-order valence-corrected chi connectivity index (χ2v) is 8.54. The molecule has 0 amide bonds. The first-order valence-corrected chi connectivity index (χ1v) is 12.2. The largest absolute Gasteiger partial charge is 1.00 e. The molecule has 0 saturated carbocycles. The summed E-state index contributed by atoms with van der Waals surface area (Å²) in [5, 5.41) is 25.5. The van der Waals surface area contributed by atoms with Crippen molar-refractivity contribution in [3.8, 4) is 11.6 Å². The minimum Gasteiger partial charge on any atom is -0.652 e. The number of rotatable bonds is 12. The van der Waals surface area contributed by atoms with E-state index in [0.717, 1.165) is 28.9 Å². The molecule has 0 aliphatic heterocycles. The molecular formula is C29H31Cs2NO8. The number of aryl methyl sites for hydroxylation is 3. The van der Waals surface area contributed by atoms with Gasteiger partial charge in [-0.05, 0) is 67.7 Å². The SMILES string of the molecule is CCc1cnc(OC(C)CCOc2ccc(CCC(=O)O)c(C)c2)c(C(=O)c2ccccc2)c1.O=C([O-])[O-].[Cs+].[Cs+]. The Morgan fingerprint density at radius 2 is 1.68 bits per heavy atom. The van der Waals surface area contributed by atoms with Crippen molar-refractivity contribution in [2.45, 2.75) is 52.6 Å². The second-order valence-electron chi connectivity index (χ2n) is 8.54. The molecule has 0 radical (unpaired) electrons. The number of ether oxygens (including phenoxy) is 2. The van der Waals surface area contributed by atoms with Crippen LogP contribution in [0.1, 0.15) is 59.3 Å². The molecule has 0 saturated heterocycles. The van der Waals surface area contributed by atoms with Crippen molar-refractivity contribution in [3.63, 3.8) is 0 Å². The molecular weight excluding hydrogens is 756 g/mol. The Morgan fingerprint density at radius 3 is 2.25 bits per heavy atom. The van der Waals surface area contributed by atoms with E-state index >= 15 is 0 Å². The molecule has 1 aromatic heterocycles. The molecule has 1 unspecified atom stereocenters. The van der Waals surface area contributed by atoms with Crippen LogP contribution in [0.3, 0.4) is 0 Å². The van der Waals surface area contributed by atoms with Crippen LogP contribution in [0.15, 0.2) is 60.8 Å². The van der Waals surface area contributed by atoms with Gasteiger partial charge in [0, 0.05) is 24.6 Å². The average molecular weight is 787 g/mol. The molecule has 40 heavy (non-hydrogen) atoms. The van der Waals surface area contributed by atoms with Gasteiger partial charge in [-0.15, -0.1) is 0 Å². The van der Waals surface area contributed by atoms with Crippen molar-refractivity contribution < 1.29 is 177 Å². The molecule has 1 atom stereocenters. The molecule has 11 heteroatoms. The fourth-order valence-corrected chi connectivity index (χ4v) is 3.56. The van der Waals surface area contributed by atoms with Crippen LogP contribution in [0, 0.1) is 6.92 Å². The number of ketones is 1. The number of carboxylic acids is 1. The number of carbonyl (C=O) groups is 3. The van der Waals surface area contributed by atoms with Gasteiger partial charge in [0.2, 0.25) is 5.88 Å². The van der Waals surface area contributed by atoms with Crippen molar-refractivity contribution in [2.24, 2.45) is 0 Å². The maximum Gasteiger partial charge on any atom is 1.00 e. The van der Waals surface area contributed by atoms with Gasteiger partial charge < -0.3 is 29.6 Å². The Hall–Kier alpha value is -0.296. The van der Waals surface area contributed by atoms with Gasteiger partial charge in [-0.1, -0.05) is 43.3 Å². The zero-order chi connectivity index (χ0) is 28.1. The number of hydrogen-bond acceptors (Lipinski definition) is 8. The smallest absolute Gasteiger partial charge is 0.652 e. The van der Waals surface area contributed by atoms with Gasteiger partial charge in [0.05, 0.1) is 12.2 Å². The molecule has 9 nitrogen and oxygen atoms in total. The van der Waals surface area contributed by atoms with Gasteiger partial charge in [-0.25, -0.2) is 4.98 Å². The number of pyridine rings is 1. The summed E-state index contributed by atoms with van der Waals surface area (Å²) in [7, 11) is 0. The standard InChI is InChI=1S/C28H31NO5.CH2O3.2Cs/c1-4-21-17-25(27(32)23-8-6-5-7-9-23)28(29-18-21)34-20(3)14-15-33-24-12-10-22(19(2)16-24)11-13-26(30)31;2-1(3)4;;/h5-10,12,16-18,20H,4,11,13-15H2,1-3H3,(H,30,31);(H2,2,3,4);;/q;;2*+1/p-2. The van der Waals surface area contributed by atoms with E-state index in [1.807, 2.05) is 63.2 Å². The van der Waals surface area contributed by atoms with E-state index in [1.165, 1.54) is 0 Å². The fourth-order valence-electron chi connectivity index (χ4n) is 3.56. The van der Waals surface area contributed by atoms with Crippen LogP contribution in [-0.2, 0) is 17.6 Å². The maximum absolute atomic E-state index is 13.1. The molecule has 0 fully saturated rings. The van der Waals surface area contributed by atoms with E-state index in [1.54, 1.807) is 18.3 Å². The molecule has 3 rings (SSSR count). The van der Waals surface area contributed by atoms with Gasteiger partial charge in [0.1, 0.15) is 11.9 Å². The Labute approximate surface area is 352 Å². The Bertz CT molecular complexity index is 1230. The van der Waals surface area contributed by atoms with Gasteiger partial charge in [0.15, 0.2) is 5.78 Å². The van der Waals surface area contributed by atoms with Crippen molar-refractivity contribution in [3.05, 3.63) is 88.6 Å². The first-order valence-electron chi connectivity index (χ1n) is 12.2. The Morgan fingerprint density at radius 1 is 1.02 bits per heavy atom. The minimum atomic E-state index is -2.33. The molecule has 0 aliphatic carbocycles. The second kappa shape index (κ2) is 21.4. The van der Waals surface area contributed by atoms with E-state index in [2.05, 4.69) is 4.98 Å². The van der Waals surface area contributed by atoms with E-state index in [-0.39, 0.29) is 156 Å². The van der Waals surface area contributed by atoms with Crippen LogP contribution in [0.2, 0.25) is 0 Å². The number of carbonyl (C=O) groups excluding carboxylic acids is 2. The van der Waals surface area contributed by atoms with E-state index in [4.69, 9.17) is 29.6 Å². The first kappa shape index (κ1) is 39.7. The summed E-state index contributed by atoms with van der Waals surface area (Å²) in [6.07, 6.45) is 1.20. The van der Waals surface area contributed by atoms with Gasteiger partial charge in [0.25, 0.3) is 0 Å². The van der Waals surface area contributed by atoms with E-state index in [0.29, 0.717) is 36.5 Å². The Balaban J connectivity index is 0.00000237. The minimum absolute atomic E-state index is 0. The summed E-state index contributed by atoms with van der Waals surface area (Å²) in [5.74, 6) is 0.146. The third kappa shape index (κ3) is 14.7. The summed E-state index contributed by atoms with van der Waals surface area (Å²) in [6, 6.07) is 16.7. The van der Waals surface area contributed by atoms with Crippen molar-refractivity contribution in [1.82, 2.24) is 4.98 Å².